The number of rotatable bonds is 3. The Kier molecular flexibility index (Phi) is 4.25. The summed E-state index contributed by atoms with van der Waals surface area (Å²) in [6.45, 7) is 5.88. The molecule has 4 rings (SSSR count). The van der Waals surface area contributed by atoms with E-state index in [1.807, 2.05) is 39.2 Å². The van der Waals surface area contributed by atoms with Crippen molar-refractivity contribution < 1.29 is 9.53 Å². The Morgan fingerprint density at radius 2 is 1.85 bits per heavy atom. The Morgan fingerprint density at radius 1 is 1.12 bits per heavy atom. The zero-order valence-corrected chi connectivity index (χ0v) is 16.0. The fraction of sp³-hybridized carbons (Fsp3) is 0.591. The van der Waals surface area contributed by atoms with Gasteiger partial charge in [0.2, 0.25) is 0 Å². The normalized spacial score (nSPS) is 25.0. The molecule has 26 heavy (non-hydrogen) atoms. The minimum absolute atomic E-state index is 0.0343. The van der Waals surface area contributed by atoms with Crippen molar-refractivity contribution in [1.82, 2.24) is 9.97 Å². The summed E-state index contributed by atoms with van der Waals surface area (Å²) < 4.78 is 5.73. The van der Waals surface area contributed by atoms with Crippen LogP contribution in [0.5, 0.6) is 0 Å². The predicted molar refractivity (Wildman–Crippen MR) is 102 cm³/mol. The first kappa shape index (κ1) is 17.4. The molecule has 2 aromatic rings. The van der Waals surface area contributed by atoms with Crippen LogP contribution in [-0.4, -0.2) is 21.5 Å². The smallest absolute Gasteiger partial charge is 0.312 e. The van der Waals surface area contributed by atoms with Crippen molar-refractivity contribution in [3.63, 3.8) is 0 Å². The van der Waals surface area contributed by atoms with Crippen molar-refractivity contribution in [1.29, 1.82) is 0 Å². The monoisotopic (exact) mass is 352 g/mol. The lowest BCUT2D eigenvalue weighted by atomic mass is 9.72. The molecule has 2 aliphatic carbocycles. The minimum Gasteiger partial charge on any atom is -0.460 e. The molecule has 0 unspecified atom stereocenters. The third-order valence-corrected chi connectivity index (χ3v) is 6.12. The maximum atomic E-state index is 12.7. The van der Waals surface area contributed by atoms with Crippen LogP contribution in [-0.2, 0) is 9.53 Å². The molecule has 2 heterocycles. The summed E-state index contributed by atoms with van der Waals surface area (Å²) in [7, 11) is 0. The highest BCUT2D eigenvalue weighted by molar-refractivity contribution is 5.82. The summed E-state index contributed by atoms with van der Waals surface area (Å²) in [6, 6.07) is 4.13. The van der Waals surface area contributed by atoms with Crippen molar-refractivity contribution in [3.8, 4) is 0 Å². The second-order valence-corrected chi connectivity index (χ2v) is 9.00. The van der Waals surface area contributed by atoms with Crippen LogP contribution in [0, 0.1) is 11.3 Å². The topological polar surface area (TPSA) is 52.1 Å². The fourth-order valence-corrected chi connectivity index (χ4v) is 4.62. The molecule has 138 valence electrons. The molecule has 0 atom stereocenters. The van der Waals surface area contributed by atoms with Crippen LogP contribution in [0.1, 0.15) is 70.8 Å². The molecule has 0 amide bonds. The molecule has 0 aromatic carbocycles. The van der Waals surface area contributed by atoms with Gasteiger partial charge in [-0.05, 0) is 88.8 Å². The average molecular weight is 352 g/mol. The fourth-order valence-electron chi connectivity index (χ4n) is 4.62. The second kappa shape index (κ2) is 6.33. The van der Waals surface area contributed by atoms with Gasteiger partial charge >= 0.3 is 5.97 Å². The van der Waals surface area contributed by atoms with Crippen molar-refractivity contribution in [2.75, 3.05) is 0 Å². The average Bonchev–Trinajstić information content (AvgIpc) is 3.42. The van der Waals surface area contributed by atoms with Gasteiger partial charge in [0.05, 0.1) is 10.9 Å². The lowest BCUT2D eigenvalue weighted by Crippen LogP contribution is -2.35. The van der Waals surface area contributed by atoms with E-state index in [9.17, 15) is 4.79 Å². The lowest BCUT2D eigenvalue weighted by molar-refractivity contribution is -0.164. The molecular weight excluding hydrogens is 324 g/mol. The molecule has 0 bridgehead atoms. The van der Waals surface area contributed by atoms with Crippen LogP contribution in [0.3, 0.4) is 0 Å². The van der Waals surface area contributed by atoms with Crippen LogP contribution >= 0.6 is 0 Å². The van der Waals surface area contributed by atoms with Crippen molar-refractivity contribution in [3.05, 3.63) is 36.3 Å². The van der Waals surface area contributed by atoms with Gasteiger partial charge in [-0.1, -0.05) is 0 Å². The Balaban J connectivity index is 1.47. The quantitative estimate of drug-likeness (QED) is 0.727. The third-order valence-electron chi connectivity index (χ3n) is 6.12. The van der Waals surface area contributed by atoms with E-state index in [4.69, 9.17) is 4.74 Å². The van der Waals surface area contributed by atoms with Gasteiger partial charge in [-0.2, -0.15) is 0 Å². The first-order chi connectivity index (χ1) is 12.4. The van der Waals surface area contributed by atoms with Gasteiger partial charge in [-0.15, -0.1) is 0 Å². The summed E-state index contributed by atoms with van der Waals surface area (Å²) in [6.07, 6.45) is 12.1. The molecule has 2 aliphatic rings. The van der Waals surface area contributed by atoms with Gasteiger partial charge in [-0.3, -0.25) is 14.8 Å². The molecule has 2 aromatic heterocycles. The molecule has 2 fully saturated rings. The largest absolute Gasteiger partial charge is 0.460 e. The summed E-state index contributed by atoms with van der Waals surface area (Å²) in [5, 5.41) is 1.17. The summed E-state index contributed by atoms with van der Waals surface area (Å²) >= 11 is 0. The van der Waals surface area contributed by atoms with E-state index in [0.29, 0.717) is 11.8 Å². The van der Waals surface area contributed by atoms with Crippen LogP contribution in [0.4, 0.5) is 0 Å². The van der Waals surface area contributed by atoms with Crippen LogP contribution in [0.2, 0.25) is 0 Å². The van der Waals surface area contributed by atoms with Gasteiger partial charge in [-0.25, -0.2) is 0 Å². The molecule has 0 radical (unpaired) electrons. The van der Waals surface area contributed by atoms with Crippen molar-refractivity contribution in [2.45, 2.75) is 70.8 Å². The minimum atomic E-state index is -0.396. The Bertz CT molecular complexity index is 807. The summed E-state index contributed by atoms with van der Waals surface area (Å²) in [4.78, 5) is 21.5. The maximum Gasteiger partial charge on any atom is 0.312 e. The molecule has 4 heteroatoms. The number of pyridine rings is 2. The number of hydrogen-bond donors (Lipinski definition) is 0. The van der Waals surface area contributed by atoms with E-state index in [-0.39, 0.29) is 11.4 Å². The highest BCUT2D eigenvalue weighted by atomic mass is 16.6. The molecule has 0 saturated heterocycles. The zero-order chi connectivity index (χ0) is 18.4. The van der Waals surface area contributed by atoms with Crippen molar-refractivity contribution >= 4 is 16.9 Å². The van der Waals surface area contributed by atoms with Gasteiger partial charge in [0.15, 0.2) is 0 Å². The SMILES string of the molecule is CC(C)(C)OC(=O)C1(C2CCC(c3ccnc4ccncc34)CC2)CC1. The Labute approximate surface area is 155 Å². The number of carbonyl (C=O) groups is 1. The number of carbonyl (C=O) groups excluding carboxylic acids is 1. The van der Waals surface area contributed by atoms with Crippen LogP contribution in [0.15, 0.2) is 30.7 Å². The van der Waals surface area contributed by atoms with Crippen LogP contribution < -0.4 is 0 Å². The predicted octanol–water partition coefficient (Wildman–Crippen LogP) is 5.03. The molecule has 0 aliphatic heterocycles. The molecule has 0 spiro atoms. The van der Waals surface area contributed by atoms with Gasteiger partial charge in [0.25, 0.3) is 0 Å². The van der Waals surface area contributed by atoms with Crippen LogP contribution in [0.25, 0.3) is 10.9 Å². The summed E-state index contributed by atoms with van der Waals surface area (Å²) in [5.41, 5.74) is 1.79. The van der Waals surface area contributed by atoms with E-state index in [0.717, 1.165) is 44.0 Å². The number of ether oxygens (including phenoxy) is 1. The first-order valence-corrected chi connectivity index (χ1v) is 9.81. The first-order valence-electron chi connectivity index (χ1n) is 9.81. The molecular formula is C22H28N2O2. The molecule has 4 nitrogen and oxygen atoms in total. The van der Waals surface area contributed by atoms with Gasteiger partial charge in [0.1, 0.15) is 5.60 Å². The number of esters is 1. The van der Waals surface area contributed by atoms with Gasteiger partial charge < -0.3 is 4.74 Å². The number of fused-ring (bicyclic) bond motifs is 1. The highest BCUT2D eigenvalue weighted by Crippen LogP contribution is 2.58. The standard InChI is InChI=1S/C22H28N2O2/c1-21(2,3)26-20(25)22(10-11-22)16-6-4-15(5-7-16)17-8-13-24-19-9-12-23-14-18(17)19/h8-9,12-16H,4-7,10-11H2,1-3H3. The van der Waals surface area contributed by atoms with E-state index in [1.165, 1.54) is 10.9 Å². The third kappa shape index (κ3) is 3.22. The number of nitrogens with zero attached hydrogens (tertiary/aromatic N) is 2. The lowest BCUT2D eigenvalue weighted by Gasteiger charge is -2.35. The Hall–Kier alpha value is -1.97. The summed E-state index contributed by atoms with van der Waals surface area (Å²) in [5.74, 6) is 1.04. The van der Waals surface area contributed by atoms with Gasteiger partial charge in [0, 0.05) is 24.0 Å². The van der Waals surface area contributed by atoms with Crippen molar-refractivity contribution in [2.24, 2.45) is 11.3 Å². The number of aromatic nitrogens is 2. The van der Waals surface area contributed by atoms with E-state index in [2.05, 4.69) is 16.0 Å². The second-order valence-electron chi connectivity index (χ2n) is 9.00. The molecule has 0 N–H and O–H groups in total. The maximum absolute atomic E-state index is 12.7. The molecule has 2 saturated carbocycles. The zero-order valence-electron chi connectivity index (χ0n) is 16.0. The number of hydrogen-bond acceptors (Lipinski definition) is 4. The Morgan fingerprint density at radius 3 is 2.50 bits per heavy atom. The highest BCUT2D eigenvalue weighted by Gasteiger charge is 2.57. The van der Waals surface area contributed by atoms with E-state index < -0.39 is 5.60 Å². The van der Waals surface area contributed by atoms with E-state index in [1.54, 1.807) is 6.20 Å². The van der Waals surface area contributed by atoms with E-state index >= 15 is 0 Å².